The van der Waals surface area contributed by atoms with Crippen molar-refractivity contribution in [3.8, 4) is 11.4 Å². The summed E-state index contributed by atoms with van der Waals surface area (Å²) in [6.07, 6.45) is 6.24. The first-order valence-electron chi connectivity index (χ1n) is 9.96. The molecule has 0 saturated carbocycles. The maximum absolute atomic E-state index is 12.9. The van der Waals surface area contributed by atoms with E-state index in [-0.39, 0.29) is 12.0 Å². The normalized spacial score (nSPS) is 16.2. The van der Waals surface area contributed by atoms with Crippen LogP contribution in [0.4, 0.5) is 5.69 Å². The summed E-state index contributed by atoms with van der Waals surface area (Å²) in [5, 5.41) is 7.08. The van der Waals surface area contributed by atoms with Crippen LogP contribution < -0.4 is 5.32 Å². The highest BCUT2D eigenvalue weighted by Crippen LogP contribution is 2.25. The number of hydrogen-bond donors (Lipinski definition) is 1. The first-order valence-corrected chi connectivity index (χ1v) is 9.96. The zero-order chi connectivity index (χ0) is 20.5. The summed E-state index contributed by atoms with van der Waals surface area (Å²) in [7, 11) is 0. The molecule has 3 aromatic heterocycles. The SMILES string of the molecule is Cc1ccc(-c2noc(CC3CCCO3)n2)cc1NC(=O)c1cnc2ccccn12. The first-order chi connectivity index (χ1) is 14.7. The lowest BCUT2D eigenvalue weighted by atomic mass is 10.1. The topological polar surface area (TPSA) is 94.5 Å². The standard InChI is InChI=1S/C22H21N5O3/c1-14-7-8-15(21-25-20(30-26-21)12-16-5-4-10-29-16)11-17(14)24-22(28)18-13-23-19-6-2-3-9-27(18)19/h2-3,6-9,11,13,16H,4-5,10,12H2,1H3,(H,24,28). The third-order valence-electron chi connectivity index (χ3n) is 5.29. The van der Waals surface area contributed by atoms with Gasteiger partial charge in [0.15, 0.2) is 0 Å². The molecule has 8 heteroatoms. The van der Waals surface area contributed by atoms with E-state index in [9.17, 15) is 4.79 Å². The molecular formula is C22H21N5O3. The number of aryl methyl sites for hydroxylation is 1. The quantitative estimate of drug-likeness (QED) is 0.546. The van der Waals surface area contributed by atoms with E-state index in [1.165, 1.54) is 0 Å². The van der Waals surface area contributed by atoms with Crippen molar-refractivity contribution in [2.45, 2.75) is 32.3 Å². The van der Waals surface area contributed by atoms with Crippen molar-refractivity contribution in [1.29, 1.82) is 0 Å². The van der Waals surface area contributed by atoms with Gasteiger partial charge in [0.25, 0.3) is 5.91 Å². The van der Waals surface area contributed by atoms with E-state index in [2.05, 4.69) is 20.4 Å². The number of amides is 1. The average molecular weight is 403 g/mol. The number of aromatic nitrogens is 4. The van der Waals surface area contributed by atoms with Gasteiger partial charge in [0.05, 0.1) is 18.7 Å². The van der Waals surface area contributed by atoms with Gasteiger partial charge in [-0.1, -0.05) is 23.4 Å². The van der Waals surface area contributed by atoms with E-state index in [1.54, 1.807) is 10.6 Å². The van der Waals surface area contributed by atoms with E-state index in [0.29, 0.717) is 29.5 Å². The number of hydrogen-bond acceptors (Lipinski definition) is 6. The van der Waals surface area contributed by atoms with Crippen LogP contribution in [0.1, 0.15) is 34.8 Å². The van der Waals surface area contributed by atoms with E-state index >= 15 is 0 Å². The Kier molecular flexibility index (Phi) is 4.76. The first kappa shape index (κ1) is 18.5. The van der Waals surface area contributed by atoms with E-state index in [0.717, 1.165) is 36.2 Å². The van der Waals surface area contributed by atoms with Crippen LogP contribution in [-0.2, 0) is 11.2 Å². The fourth-order valence-electron chi connectivity index (χ4n) is 3.64. The predicted octanol–water partition coefficient (Wildman–Crippen LogP) is 3.67. The number of benzene rings is 1. The highest BCUT2D eigenvalue weighted by molar-refractivity contribution is 6.04. The molecule has 1 aliphatic rings. The molecule has 1 aromatic carbocycles. The van der Waals surface area contributed by atoms with Crippen molar-refractivity contribution in [3.05, 3.63) is 65.9 Å². The third-order valence-corrected chi connectivity index (χ3v) is 5.29. The van der Waals surface area contributed by atoms with Crippen LogP contribution >= 0.6 is 0 Å². The Balaban J connectivity index is 1.37. The largest absolute Gasteiger partial charge is 0.378 e. The van der Waals surface area contributed by atoms with E-state index < -0.39 is 0 Å². The highest BCUT2D eigenvalue weighted by Gasteiger charge is 2.20. The molecule has 1 fully saturated rings. The lowest BCUT2D eigenvalue weighted by molar-refractivity contribution is 0.102. The van der Waals surface area contributed by atoms with Crippen molar-refractivity contribution in [2.24, 2.45) is 0 Å². The van der Waals surface area contributed by atoms with Gasteiger partial charge in [-0.15, -0.1) is 0 Å². The van der Waals surface area contributed by atoms with Gasteiger partial charge in [0.1, 0.15) is 11.3 Å². The van der Waals surface area contributed by atoms with Crippen molar-refractivity contribution in [2.75, 3.05) is 11.9 Å². The fourth-order valence-corrected chi connectivity index (χ4v) is 3.64. The predicted molar refractivity (Wildman–Crippen MR) is 110 cm³/mol. The minimum atomic E-state index is -0.235. The zero-order valence-corrected chi connectivity index (χ0v) is 16.5. The smallest absolute Gasteiger partial charge is 0.274 e. The Labute approximate surface area is 172 Å². The number of ether oxygens (including phenoxy) is 1. The maximum atomic E-state index is 12.9. The third kappa shape index (κ3) is 3.57. The summed E-state index contributed by atoms with van der Waals surface area (Å²) >= 11 is 0. The maximum Gasteiger partial charge on any atom is 0.274 e. The molecule has 1 saturated heterocycles. The zero-order valence-electron chi connectivity index (χ0n) is 16.5. The summed E-state index contributed by atoms with van der Waals surface area (Å²) < 4.78 is 12.8. The number of rotatable bonds is 5. The number of anilines is 1. The number of fused-ring (bicyclic) bond motifs is 1. The van der Waals surface area contributed by atoms with Gasteiger partial charge in [-0.2, -0.15) is 4.98 Å². The van der Waals surface area contributed by atoms with Gasteiger partial charge in [-0.25, -0.2) is 4.98 Å². The number of carbonyl (C=O) groups is 1. The van der Waals surface area contributed by atoms with E-state index in [1.807, 2.05) is 49.5 Å². The van der Waals surface area contributed by atoms with Gasteiger partial charge in [0, 0.05) is 24.1 Å². The van der Waals surface area contributed by atoms with Crippen LogP contribution in [-0.4, -0.2) is 38.1 Å². The Hall–Kier alpha value is -3.52. The summed E-state index contributed by atoms with van der Waals surface area (Å²) in [6.45, 7) is 2.73. The van der Waals surface area contributed by atoms with Crippen LogP contribution in [0.25, 0.3) is 17.0 Å². The molecule has 4 aromatic rings. The Morgan fingerprint density at radius 2 is 2.23 bits per heavy atom. The molecule has 30 heavy (non-hydrogen) atoms. The lowest BCUT2D eigenvalue weighted by Gasteiger charge is -2.09. The second-order valence-electron chi connectivity index (χ2n) is 7.41. The van der Waals surface area contributed by atoms with E-state index in [4.69, 9.17) is 9.26 Å². The number of imidazole rings is 1. The molecular weight excluding hydrogens is 382 g/mol. The highest BCUT2D eigenvalue weighted by atomic mass is 16.5. The molecule has 1 unspecified atom stereocenters. The van der Waals surface area contributed by atoms with Crippen LogP contribution in [0.15, 0.2) is 53.3 Å². The van der Waals surface area contributed by atoms with Crippen LogP contribution in [0.5, 0.6) is 0 Å². The molecule has 1 atom stereocenters. The molecule has 1 amide bonds. The van der Waals surface area contributed by atoms with Gasteiger partial charge in [0.2, 0.25) is 11.7 Å². The molecule has 1 aliphatic heterocycles. The van der Waals surface area contributed by atoms with Crippen molar-refractivity contribution in [3.63, 3.8) is 0 Å². The average Bonchev–Trinajstić information content (AvgIpc) is 3.50. The van der Waals surface area contributed by atoms with Crippen molar-refractivity contribution >= 4 is 17.2 Å². The Morgan fingerprint density at radius 1 is 1.30 bits per heavy atom. The van der Waals surface area contributed by atoms with Gasteiger partial charge >= 0.3 is 0 Å². The fraction of sp³-hybridized carbons (Fsp3) is 0.273. The second kappa shape index (κ2) is 7.72. The summed E-state index contributed by atoms with van der Waals surface area (Å²) in [5.74, 6) is 0.822. The number of carbonyl (C=O) groups excluding carboxylic acids is 1. The molecule has 1 N–H and O–H groups in total. The number of nitrogens with one attached hydrogen (secondary N) is 1. The number of pyridine rings is 1. The monoisotopic (exact) mass is 403 g/mol. The Bertz CT molecular complexity index is 1210. The van der Waals surface area contributed by atoms with Crippen LogP contribution in [0.2, 0.25) is 0 Å². The molecule has 0 aliphatic carbocycles. The van der Waals surface area contributed by atoms with Gasteiger partial charge in [-0.3, -0.25) is 9.20 Å². The van der Waals surface area contributed by atoms with Crippen LogP contribution in [0, 0.1) is 6.92 Å². The molecule has 152 valence electrons. The van der Waals surface area contributed by atoms with Gasteiger partial charge in [-0.05, 0) is 43.5 Å². The lowest BCUT2D eigenvalue weighted by Crippen LogP contribution is -2.15. The molecule has 8 nitrogen and oxygen atoms in total. The Morgan fingerprint density at radius 3 is 3.10 bits per heavy atom. The minimum absolute atomic E-state index is 0.150. The van der Waals surface area contributed by atoms with Crippen molar-refractivity contribution in [1.82, 2.24) is 19.5 Å². The van der Waals surface area contributed by atoms with Crippen molar-refractivity contribution < 1.29 is 14.1 Å². The molecule has 0 bridgehead atoms. The second-order valence-corrected chi connectivity index (χ2v) is 7.41. The molecule has 0 spiro atoms. The molecule has 0 radical (unpaired) electrons. The number of nitrogens with zero attached hydrogens (tertiary/aromatic N) is 4. The minimum Gasteiger partial charge on any atom is -0.378 e. The summed E-state index contributed by atoms with van der Waals surface area (Å²) in [6, 6.07) is 11.3. The molecule has 5 rings (SSSR count). The molecule has 4 heterocycles. The van der Waals surface area contributed by atoms with Crippen LogP contribution in [0.3, 0.4) is 0 Å². The summed E-state index contributed by atoms with van der Waals surface area (Å²) in [5.41, 5.74) is 3.58. The van der Waals surface area contributed by atoms with Gasteiger partial charge < -0.3 is 14.6 Å². The summed E-state index contributed by atoms with van der Waals surface area (Å²) in [4.78, 5) is 21.6.